The van der Waals surface area contributed by atoms with Crippen LogP contribution in [0, 0.1) is 42.9 Å². The first-order chi connectivity index (χ1) is 16.6. The fourth-order valence-corrected chi connectivity index (χ4v) is 3.55. The molecule has 1 amide bonds. The molecule has 1 aromatic heterocycles. The summed E-state index contributed by atoms with van der Waals surface area (Å²) in [6, 6.07) is 5.12. The molecule has 1 heterocycles. The van der Waals surface area contributed by atoms with Gasteiger partial charge >= 0.3 is 0 Å². The van der Waals surface area contributed by atoms with E-state index in [0.717, 1.165) is 4.68 Å². The topological polar surface area (TPSA) is 65.4 Å². The molecule has 3 rings (SSSR count). The molecule has 0 aliphatic rings. The average molecular weight is 497 g/mol. The lowest BCUT2D eigenvalue weighted by Crippen LogP contribution is -2.16. The monoisotopic (exact) mass is 497 g/mol. The van der Waals surface area contributed by atoms with Crippen molar-refractivity contribution in [2.24, 2.45) is 0 Å². The molecule has 11 heteroatoms. The molecular weight excluding hydrogens is 473 g/mol. The number of nitrogens with one attached hydrogen (secondary N) is 1. The Balaban J connectivity index is 1.81. The Morgan fingerprint density at radius 2 is 1.49 bits per heavy atom. The van der Waals surface area contributed by atoms with Gasteiger partial charge in [0.25, 0.3) is 0 Å². The van der Waals surface area contributed by atoms with Gasteiger partial charge in [-0.3, -0.25) is 9.48 Å². The van der Waals surface area contributed by atoms with E-state index in [4.69, 9.17) is 9.47 Å². The molecule has 3 aromatic rings. The zero-order valence-corrected chi connectivity index (χ0v) is 19.6. The zero-order chi connectivity index (χ0) is 25.9. The van der Waals surface area contributed by atoms with E-state index in [9.17, 15) is 26.7 Å². The van der Waals surface area contributed by atoms with Crippen molar-refractivity contribution in [1.82, 2.24) is 9.78 Å². The second-order valence-corrected chi connectivity index (χ2v) is 7.62. The smallest absolute Gasteiger partial charge is 0.228 e. The molecule has 0 saturated heterocycles. The molecule has 0 atom stereocenters. The molecule has 1 N–H and O–H groups in total. The number of amides is 1. The van der Waals surface area contributed by atoms with Crippen LogP contribution in [0.2, 0.25) is 0 Å². The molecule has 0 aliphatic heterocycles. The maximum absolute atomic E-state index is 14.1. The minimum absolute atomic E-state index is 0.0197. The Hall–Kier alpha value is -3.63. The fraction of sp³-hybridized carbons (Fsp3) is 0.333. The molecule has 0 radical (unpaired) electrons. The van der Waals surface area contributed by atoms with Gasteiger partial charge in [-0.1, -0.05) is 6.07 Å². The van der Waals surface area contributed by atoms with Crippen LogP contribution in [-0.4, -0.2) is 28.9 Å². The van der Waals surface area contributed by atoms with Crippen molar-refractivity contribution in [3.05, 3.63) is 69.8 Å². The highest BCUT2D eigenvalue weighted by atomic mass is 19.2. The van der Waals surface area contributed by atoms with E-state index in [1.54, 1.807) is 25.1 Å². The van der Waals surface area contributed by atoms with Gasteiger partial charge in [0.2, 0.25) is 11.7 Å². The number of aryl methyl sites for hydroxylation is 1. The molecule has 2 aromatic carbocycles. The number of benzene rings is 2. The number of hydrogen-bond acceptors (Lipinski definition) is 4. The Morgan fingerprint density at radius 1 is 0.914 bits per heavy atom. The van der Waals surface area contributed by atoms with Crippen molar-refractivity contribution in [2.75, 3.05) is 18.5 Å². The molecule has 0 saturated carbocycles. The van der Waals surface area contributed by atoms with Gasteiger partial charge in [-0.2, -0.15) is 5.10 Å². The highest BCUT2D eigenvalue weighted by Crippen LogP contribution is 2.29. The zero-order valence-electron chi connectivity index (χ0n) is 19.6. The van der Waals surface area contributed by atoms with E-state index < -0.39 is 47.1 Å². The molecule has 0 bridgehead atoms. The quantitative estimate of drug-likeness (QED) is 0.250. The first-order valence-corrected chi connectivity index (χ1v) is 10.8. The van der Waals surface area contributed by atoms with Crippen LogP contribution in [-0.2, 0) is 17.8 Å². The van der Waals surface area contributed by atoms with Gasteiger partial charge < -0.3 is 14.8 Å². The number of nitrogens with zero attached hydrogens (tertiary/aromatic N) is 2. The highest BCUT2D eigenvalue weighted by Gasteiger charge is 2.27. The third-order valence-electron chi connectivity index (χ3n) is 5.23. The van der Waals surface area contributed by atoms with Gasteiger partial charge in [0.15, 0.2) is 34.8 Å². The SMILES string of the molecule is CCOc1ccc(CC(=O)Nc2c(C)nn(Cc3c(F)c(F)c(F)c(F)c3F)c2C)cc1OCC. The summed E-state index contributed by atoms with van der Waals surface area (Å²) in [5.74, 6) is -9.50. The summed E-state index contributed by atoms with van der Waals surface area (Å²) in [6.07, 6.45) is -0.0197. The van der Waals surface area contributed by atoms with Crippen molar-refractivity contribution in [3.8, 4) is 11.5 Å². The number of ether oxygens (including phenoxy) is 2. The normalized spacial score (nSPS) is 11.0. The summed E-state index contributed by atoms with van der Waals surface area (Å²) in [6.45, 7) is 6.86. The van der Waals surface area contributed by atoms with Crippen LogP contribution in [0.3, 0.4) is 0 Å². The van der Waals surface area contributed by atoms with E-state index >= 15 is 0 Å². The maximum Gasteiger partial charge on any atom is 0.228 e. The van der Waals surface area contributed by atoms with Crippen LogP contribution in [0.25, 0.3) is 0 Å². The fourth-order valence-electron chi connectivity index (χ4n) is 3.55. The average Bonchev–Trinajstić information content (AvgIpc) is 3.08. The van der Waals surface area contributed by atoms with E-state index in [1.807, 2.05) is 13.8 Å². The van der Waals surface area contributed by atoms with Crippen molar-refractivity contribution >= 4 is 11.6 Å². The summed E-state index contributed by atoms with van der Waals surface area (Å²) in [5, 5.41) is 6.79. The van der Waals surface area contributed by atoms with Crippen molar-refractivity contribution < 1.29 is 36.2 Å². The van der Waals surface area contributed by atoms with E-state index in [2.05, 4.69) is 10.4 Å². The summed E-state index contributed by atoms with van der Waals surface area (Å²) < 4.78 is 80.7. The summed E-state index contributed by atoms with van der Waals surface area (Å²) >= 11 is 0. The molecule has 6 nitrogen and oxygen atoms in total. The first kappa shape index (κ1) is 26.0. The molecule has 188 valence electrons. The van der Waals surface area contributed by atoms with Gasteiger partial charge in [-0.15, -0.1) is 0 Å². The van der Waals surface area contributed by atoms with Gasteiger partial charge in [0.05, 0.1) is 48.8 Å². The van der Waals surface area contributed by atoms with Crippen LogP contribution in [0.4, 0.5) is 27.6 Å². The van der Waals surface area contributed by atoms with Crippen LogP contribution < -0.4 is 14.8 Å². The van der Waals surface area contributed by atoms with E-state index in [0.29, 0.717) is 36.0 Å². The Morgan fingerprint density at radius 3 is 2.09 bits per heavy atom. The first-order valence-electron chi connectivity index (χ1n) is 10.8. The summed E-state index contributed by atoms with van der Waals surface area (Å²) in [7, 11) is 0. The van der Waals surface area contributed by atoms with E-state index in [-0.39, 0.29) is 17.8 Å². The highest BCUT2D eigenvalue weighted by molar-refractivity contribution is 5.93. The predicted molar refractivity (Wildman–Crippen MR) is 118 cm³/mol. The third-order valence-corrected chi connectivity index (χ3v) is 5.23. The second kappa shape index (κ2) is 10.7. The van der Waals surface area contributed by atoms with Crippen LogP contribution in [0.1, 0.15) is 36.4 Å². The number of carbonyl (C=O) groups excluding carboxylic acids is 1. The lowest BCUT2D eigenvalue weighted by molar-refractivity contribution is -0.115. The van der Waals surface area contributed by atoms with Crippen LogP contribution in [0.15, 0.2) is 18.2 Å². The maximum atomic E-state index is 14.1. The number of aromatic nitrogens is 2. The van der Waals surface area contributed by atoms with Crippen molar-refractivity contribution in [3.63, 3.8) is 0 Å². The van der Waals surface area contributed by atoms with Gasteiger partial charge in [0, 0.05) is 0 Å². The summed E-state index contributed by atoms with van der Waals surface area (Å²) in [5.41, 5.74) is 0.485. The standard InChI is InChI=1S/C24H24F5N3O3/c1-5-34-16-8-7-14(9-17(16)35-6-2)10-18(33)30-24-12(3)31-32(13(24)4)11-15-19(25)21(27)23(29)22(28)20(15)26/h7-9H,5-6,10-11H2,1-4H3,(H,30,33). The van der Waals surface area contributed by atoms with Gasteiger partial charge in [-0.25, -0.2) is 22.0 Å². The van der Waals surface area contributed by atoms with Crippen molar-refractivity contribution in [2.45, 2.75) is 40.7 Å². The number of anilines is 1. The van der Waals surface area contributed by atoms with Gasteiger partial charge in [0.1, 0.15) is 0 Å². The Bertz CT molecular complexity index is 1230. The number of hydrogen-bond donors (Lipinski definition) is 1. The number of carbonyl (C=O) groups is 1. The minimum Gasteiger partial charge on any atom is -0.490 e. The number of halogens is 5. The van der Waals surface area contributed by atoms with Crippen LogP contribution in [0.5, 0.6) is 11.5 Å². The van der Waals surface area contributed by atoms with E-state index in [1.165, 1.54) is 6.92 Å². The number of rotatable bonds is 9. The Kier molecular flexibility index (Phi) is 7.98. The molecule has 0 aliphatic carbocycles. The predicted octanol–water partition coefficient (Wildman–Crippen LogP) is 5.22. The van der Waals surface area contributed by atoms with Crippen LogP contribution >= 0.6 is 0 Å². The molecule has 0 spiro atoms. The second-order valence-electron chi connectivity index (χ2n) is 7.62. The third kappa shape index (κ3) is 5.39. The largest absolute Gasteiger partial charge is 0.490 e. The lowest BCUT2D eigenvalue weighted by Gasteiger charge is -2.13. The molecule has 0 fully saturated rings. The summed E-state index contributed by atoms with van der Waals surface area (Å²) in [4.78, 5) is 12.7. The van der Waals surface area contributed by atoms with Gasteiger partial charge in [-0.05, 0) is 45.4 Å². The van der Waals surface area contributed by atoms with Crippen molar-refractivity contribution in [1.29, 1.82) is 0 Å². The molecule has 35 heavy (non-hydrogen) atoms. The molecular formula is C24H24F5N3O3. The molecule has 0 unspecified atom stereocenters. The Labute approximate surface area is 198 Å². The minimum atomic E-state index is -2.23. The lowest BCUT2D eigenvalue weighted by atomic mass is 10.1.